The molecule has 1 atom stereocenters. The molecule has 0 amide bonds. The first-order chi connectivity index (χ1) is 7.30. The van der Waals surface area contributed by atoms with E-state index in [-0.39, 0.29) is 17.3 Å². The van der Waals surface area contributed by atoms with Crippen molar-refractivity contribution in [2.45, 2.75) is 26.8 Å². The summed E-state index contributed by atoms with van der Waals surface area (Å²) in [6.07, 6.45) is 3.19. The maximum absolute atomic E-state index is 10.6. The number of carbonyl (C=O) groups excluding carboxylic acids is 1. The van der Waals surface area contributed by atoms with E-state index in [1.54, 1.807) is 6.21 Å². The SMILES string of the molecule is CC(C)(C)C1C=NC(=C(N)OC(=O)S)C=N1. The molecular weight excluding hydrogens is 226 g/mol. The molecule has 0 saturated carbocycles. The summed E-state index contributed by atoms with van der Waals surface area (Å²) in [7, 11) is 0. The molecule has 1 unspecified atom stereocenters. The smallest absolute Gasteiger partial charge is 0.370 e. The number of thiol groups is 1. The van der Waals surface area contributed by atoms with Crippen molar-refractivity contribution in [2.24, 2.45) is 21.1 Å². The highest BCUT2D eigenvalue weighted by Gasteiger charge is 2.24. The molecule has 0 aromatic rings. The van der Waals surface area contributed by atoms with Gasteiger partial charge in [0.2, 0.25) is 5.88 Å². The van der Waals surface area contributed by atoms with Crippen LogP contribution in [0.2, 0.25) is 0 Å². The Kier molecular flexibility index (Phi) is 3.74. The number of hydrogen-bond acceptors (Lipinski definition) is 5. The van der Waals surface area contributed by atoms with Crippen LogP contribution >= 0.6 is 12.6 Å². The minimum absolute atomic E-state index is 0.000511. The predicted octanol–water partition coefficient (Wildman–Crippen LogP) is 1.75. The number of nitrogens with zero attached hydrogens (tertiary/aromatic N) is 2. The lowest BCUT2D eigenvalue weighted by molar-refractivity contribution is 0.203. The van der Waals surface area contributed by atoms with Crippen molar-refractivity contribution in [1.29, 1.82) is 0 Å². The molecule has 0 bridgehead atoms. The van der Waals surface area contributed by atoms with E-state index in [0.717, 1.165) is 0 Å². The van der Waals surface area contributed by atoms with Crippen LogP contribution in [0.15, 0.2) is 21.6 Å². The van der Waals surface area contributed by atoms with Crippen LogP contribution in [0, 0.1) is 5.41 Å². The largest absolute Gasteiger partial charge is 0.400 e. The Balaban J connectivity index is 2.80. The highest BCUT2D eigenvalue weighted by atomic mass is 32.1. The van der Waals surface area contributed by atoms with Crippen LogP contribution in [0.4, 0.5) is 4.79 Å². The van der Waals surface area contributed by atoms with E-state index in [2.05, 4.69) is 48.1 Å². The van der Waals surface area contributed by atoms with Gasteiger partial charge >= 0.3 is 5.30 Å². The van der Waals surface area contributed by atoms with E-state index in [1.165, 1.54) is 6.21 Å². The normalized spacial score (nSPS) is 23.1. The lowest BCUT2D eigenvalue weighted by Gasteiger charge is -2.25. The second-order valence-electron chi connectivity index (χ2n) is 4.48. The molecule has 0 fully saturated rings. The summed E-state index contributed by atoms with van der Waals surface area (Å²) >= 11 is 3.45. The van der Waals surface area contributed by atoms with E-state index in [0.29, 0.717) is 5.70 Å². The third-order valence-corrected chi connectivity index (χ3v) is 2.14. The maximum atomic E-state index is 10.6. The van der Waals surface area contributed by atoms with Gasteiger partial charge in [-0.2, -0.15) is 0 Å². The highest BCUT2D eigenvalue weighted by Crippen LogP contribution is 2.23. The Morgan fingerprint density at radius 1 is 1.56 bits per heavy atom. The number of allylic oxidation sites excluding steroid dienone is 1. The van der Waals surface area contributed by atoms with Gasteiger partial charge in [-0.15, -0.1) is 0 Å². The molecule has 1 aliphatic heterocycles. The van der Waals surface area contributed by atoms with Crippen molar-refractivity contribution < 1.29 is 9.53 Å². The Morgan fingerprint density at radius 2 is 2.19 bits per heavy atom. The second kappa shape index (κ2) is 4.69. The summed E-state index contributed by atoms with van der Waals surface area (Å²) in [4.78, 5) is 18.9. The van der Waals surface area contributed by atoms with Gasteiger partial charge in [-0.1, -0.05) is 33.4 Å². The number of ether oxygens (including phenoxy) is 1. The van der Waals surface area contributed by atoms with Gasteiger partial charge in [0.15, 0.2) is 0 Å². The van der Waals surface area contributed by atoms with Crippen LogP contribution < -0.4 is 5.73 Å². The molecule has 16 heavy (non-hydrogen) atoms. The lowest BCUT2D eigenvalue weighted by atomic mass is 9.87. The van der Waals surface area contributed by atoms with Crippen LogP contribution in [-0.4, -0.2) is 23.8 Å². The molecule has 0 saturated heterocycles. The fourth-order valence-corrected chi connectivity index (χ4v) is 1.19. The zero-order valence-electron chi connectivity index (χ0n) is 9.47. The van der Waals surface area contributed by atoms with E-state index in [4.69, 9.17) is 5.73 Å². The first kappa shape index (κ1) is 12.8. The van der Waals surface area contributed by atoms with Gasteiger partial charge in [0.05, 0.1) is 12.3 Å². The summed E-state index contributed by atoms with van der Waals surface area (Å²) < 4.78 is 4.59. The van der Waals surface area contributed by atoms with Gasteiger partial charge in [0.25, 0.3) is 0 Å². The fraction of sp³-hybridized carbons (Fsp3) is 0.500. The molecule has 2 N–H and O–H groups in total. The maximum Gasteiger partial charge on any atom is 0.370 e. The molecule has 0 radical (unpaired) electrons. The molecule has 1 heterocycles. The summed E-state index contributed by atoms with van der Waals surface area (Å²) in [5.74, 6) is -0.0904. The van der Waals surface area contributed by atoms with Crippen molar-refractivity contribution in [3.05, 3.63) is 11.6 Å². The average molecular weight is 241 g/mol. The first-order valence-electron chi connectivity index (χ1n) is 4.78. The summed E-state index contributed by atoms with van der Waals surface area (Å²) in [5.41, 5.74) is 5.82. The number of rotatable bonds is 1. The zero-order chi connectivity index (χ0) is 12.3. The Hall–Kier alpha value is -1.30. The summed E-state index contributed by atoms with van der Waals surface area (Å²) in [5, 5.41) is -0.772. The Morgan fingerprint density at radius 3 is 2.56 bits per heavy atom. The predicted molar refractivity (Wildman–Crippen MR) is 66.9 cm³/mol. The third kappa shape index (κ3) is 3.37. The van der Waals surface area contributed by atoms with Gasteiger partial charge in [0, 0.05) is 6.21 Å². The van der Waals surface area contributed by atoms with E-state index in [9.17, 15) is 4.79 Å². The van der Waals surface area contributed by atoms with Crippen LogP contribution in [0.5, 0.6) is 0 Å². The number of hydrogen-bond donors (Lipinski definition) is 2. The van der Waals surface area contributed by atoms with Gasteiger partial charge in [-0.25, -0.2) is 4.79 Å². The first-order valence-corrected chi connectivity index (χ1v) is 5.23. The third-order valence-electron chi connectivity index (χ3n) is 2.05. The van der Waals surface area contributed by atoms with Crippen molar-refractivity contribution in [1.82, 2.24) is 0 Å². The van der Waals surface area contributed by atoms with Crippen LogP contribution in [-0.2, 0) is 4.74 Å². The Labute approximate surface area is 99.9 Å². The topological polar surface area (TPSA) is 77.0 Å². The quantitative estimate of drug-likeness (QED) is 0.417. The van der Waals surface area contributed by atoms with E-state index >= 15 is 0 Å². The van der Waals surface area contributed by atoms with Gasteiger partial charge in [-0.05, 0) is 5.41 Å². The minimum atomic E-state index is -0.772. The van der Waals surface area contributed by atoms with Crippen LogP contribution in [0.25, 0.3) is 0 Å². The molecular formula is C10H15N3O2S. The Bertz CT molecular complexity index is 364. The zero-order valence-corrected chi connectivity index (χ0v) is 10.4. The van der Waals surface area contributed by atoms with Crippen molar-refractivity contribution in [3.8, 4) is 0 Å². The molecule has 0 spiro atoms. The van der Waals surface area contributed by atoms with E-state index < -0.39 is 5.30 Å². The van der Waals surface area contributed by atoms with Crippen LogP contribution in [0.3, 0.4) is 0 Å². The average Bonchev–Trinajstić information content (AvgIpc) is 2.15. The standard InChI is InChI=1S/C10H15N3O2S/c1-10(2,3)7-5-12-6(4-13-7)8(11)15-9(14)16/h4-5,7H,11H2,1-3H3,(H,14,16). The molecule has 1 rings (SSSR count). The summed E-state index contributed by atoms with van der Waals surface area (Å²) in [6, 6.07) is -0.00393. The number of carbonyl (C=O) groups is 1. The number of nitrogens with two attached hydrogens (primary N) is 1. The lowest BCUT2D eigenvalue weighted by Crippen LogP contribution is -2.28. The van der Waals surface area contributed by atoms with E-state index in [1.807, 2.05) is 0 Å². The van der Waals surface area contributed by atoms with Crippen molar-refractivity contribution in [2.75, 3.05) is 0 Å². The van der Waals surface area contributed by atoms with Crippen LogP contribution in [0.1, 0.15) is 20.8 Å². The summed E-state index contributed by atoms with van der Waals surface area (Å²) in [6.45, 7) is 6.19. The molecule has 0 aromatic heterocycles. The van der Waals surface area contributed by atoms with Crippen molar-refractivity contribution >= 4 is 30.4 Å². The van der Waals surface area contributed by atoms with Crippen molar-refractivity contribution in [3.63, 3.8) is 0 Å². The number of aliphatic imine (C=N–C) groups is 2. The van der Waals surface area contributed by atoms with Gasteiger partial charge in [-0.3, -0.25) is 9.98 Å². The highest BCUT2D eigenvalue weighted by molar-refractivity contribution is 7.96. The second-order valence-corrected chi connectivity index (χ2v) is 4.85. The molecule has 88 valence electrons. The monoisotopic (exact) mass is 241 g/mol. The minimum Gasteiger partial charge on any atom is -0.400 e. The molecule has 6 heteroatoms. The van der Waals surface area contributed by atoms with Gasteiger partial charge in [0.1, 0.15) is 5.70 Å². The fourth-order valence-electron chi connectivity index (χ4n) is 1.09. The molecule has 0 aliphatic carbocycles. The molecule has 0 aromatic carbocycles. The molecule has 1 aliphatic rings. The van der Waals surface area contributed by atoms with Gasteiger partial charge < -0.3 is 10.5 Å². The molecule has 5 nitrogen and oxygen atoms in total.